The molecule has 32 heavy (non-hydrogen) atoms. The van der Waals surface area contributed by atoms with Crippen LogP contribution in [0.5, 0.6) is 5.75 Å². The summed E-state index contributed by atoms with van der Waals surface area (Å²) in [7, 11) is 1.57. The largest absolute Gasteiger partial charge is 0.496 e. The van der Waals surface area contributed by atoms with E-state index in [-0.39, 0.29) is 23.5 Å². The zero-order valence-electron chi connectivity index (χ0n) is 16.8. The summed E-state index contributed by atoms with van der Waals surface area (Å²) in [6, 6.07) is 14.7. The van der Waals surface area contributed by atoms with Crippen molar-refractivity contribution in [1.82, 2.24) is 34.7 Å². The molecule has 10 nitrogen and oxygen atoms in total. The van der Waals surface area contributed by atoms with E-state index >= 15 is 0 Å². The molecule has 2 aromatic carbocycles. The number of methoxy groups -OCH3 is 1. The SMILES string of the molecule is COc1ccccc1-c1noc(Cn2cnc3c(nnn3Cc3ccc(Cl)cc3)c2=O)n1. The van der Waals surface area contributed by atoms with Crippen molar-refractivity contribution in [2.45, 2.75) is 13.1 Å². The van der Waals surface area contributed by atoms with Crippen molar-refractivity contribution in [1.29, 1.82) is 0 Å². The summed E-state index contributed by atoms with van der Waals surface area (Å²) in [4.78, 5) is 21.6. The molecule has 0 bridgehead atoms. The third-order valence-corrected chi connectivity index (χ3v) is 5.11. The lowest BCUT2D eigenvalue weighted by atomic mass is 10.2. The lowest BCUT2D eigenvalue weighted by Gasteiger charge is -2.04. The van der Waals surface area contributed by atoms with Crippen molar-refractivity contribution in [2.75, 3.05) is 7.11 Å². The maximum absolute atomic E-state index is 12.9. The molecule has 0 aliphatic carbocycles. The van der Waals surface area contributed by atoms with Crippen LogP contribution in [0, 0.1) is 0 Å². The van der Waals surface area contributed by atoms with Gasteiger partial charge in [-0.1, -0.05) is 46.2 Å². The van der Waals surface area contributed by atoms with Gasteiger partial charge < -0.3 is 9.26 Å². The van der Waals surface area contributed by atoms with E-state index < -0.39 is 0 Å². The molecule has 0 aliphatic heterocycles. The van der Waals surface area contributed by atoms with Crippen molar-refractivity contribution >= 4 is 22.8 Å². The lowest BCUT2D eigenvalue weighted by Crippen LogP contribution is -2.21. The molecule has 160 valence electrons. The summed E-state index contributed by atoms with van der Waals surface area (Å²) in [5, 5.41) is 12.7. The van der Waals surface area contributed by atoms with Crippen LogP contribution >= 0.6 is 11.6 Å². The summed E-state index contributed by atoms with van der Waals surface area (Å²) in [6.07, 6.45) is 1.42. The molecule has 0 N–H and O–H groups in total. The average molecular weight is 450 g/mol. The van der Waals surface area contributed by atoms with Gasteiger partial charge in [-0.3, -0.25) is 9.36 Å². The van der Waals surface area contributed by atoms with Crippen LogP contribution in [0.15, 0.2) is 64.2 Å². The van der Waals surface area contributed by atoms with E-state index in [2.05, 4.69) is 25.4 Å². The highest BCUT2D eigenvalue weighted by Crippen LogP contribution is 2.27. The molecule has 0 radical (unpaired) electrons. The number of aromatic nitrogens is 7. The van der Waals surface area contributed by atoms with Gasteiger partial charge in [0.2, 0.25) is 11.7 Å². The lowest BCUT2D eigenvalue weighted by molar-refractivity contribution is 0.369. The van der Waals surface area contributed by atoms with E-state index in [1.807, 2.05) is 30.3 Å². The van der Waals surface area contributed by atoms with E-state index in [1.54, 1.807) is 30.0 Å². The number of para-hydroxylation sites is 1. The van der Waals surface area contributed by atoms with E-state index in [1.165, 1.54) is 10.9 Å². The topological polar surface area (TPSA) is 114 Å². The number of benzene rings is 2. The van der Waals surface area contributed by atoms with Crippen LogP contribution < -0.4 is 10.3 Å². The summed E-state index contributed by atoms with van der Waals surface area (Å²) in [5.74, 6) is 1.24. The molecular formula is C21H16ClN7O3. The maximum Gasteiger partial charge on any atom is 0.283 e. The number of ether oxygens (including phenoxy) is 1. The Morgan fingerprint density at radius 1 is 1.09 bits per heavy atom. The van der Waals surface area contributed by atoms with Crippen molar-refractivity contribution in [3.63, 3.8) is 0 Å². The second-order valence-corrected chi connectivity index (χ2v) is 7.37. The standard InChI is InChI=1S/C21H16ClN7O3/c1-31-16-5-3-2-4-15(16)19-24-17(32-26-19)11-28-12-23-20-18(21(28)30)25-27-29(20)10-13-6-8-14(22)9-7-13/h2-9,12H,10-11H2,1H3. The Morgan fingerprint density at radius 2 is 1.91 bits per heavy atom. The normalized spacial score (nSPS) is 11.2. The van der Waals surface area contributed by atoms with E-state index in [0.29, 0.717) is 34.4 Å². The second kappa shape index (κ2) is 8.23. The maximum atomic E-state index is 12.9. The highest BCUT2D eigenvalue weighted by molar-refractivity contribution is 6.30. The minimum absolute atomic E-state index is 0.0496. The summed E-state index contributed by atoms with van der Waals surface area (Å²) >= 11 is 5.93. The van der Waals surface area contributed by atoms with Gasteiger partial charge in [0.1, 0.15) is 18.6 Å². The predicted molar refractivity (Wildman–Crippen MR) is 116 cm³/mol. The Balaban J connectivity index is 1.41. The molecular weight excluding hydrogens is 434 g/mol. The Morgan fingerprint density at radius 3 is 2.72 bits per heavy atom. The van der Waals surface area contributed by atoms with Gasteiger partial charge in [-0.2, -0.15) is 4.98 Å². The van der Waals surface area contributed by atoms with Gasteiger partial charge in [0.15, 0.2) is 11.2 Å². The minimum atomic E-state index is -0.352. The van der Waals surface area contributed by atoms with Crippen molar-refractivity contribution in [3.05, 3.63) is 81.7 Å². The molecule has 0 amide bonds. The molecule has 11 heteroatoms. The van der Waals surface area contributed by atoms with Gasteiger partial charge in [0.25, 0.3) is 5.56 Å². The number of hydrogen-bond donors (Lipinski definition) is 0. The first kappa shape index (κ1) is 19.9. The van der Waals surface area contributed by atoms with Crippen molar-refractivity contribution in [2.24, 2.45) is 0 Å². The smallest absolute Gasteiger partial charge is 0.283 e. The van der Waals surface area contributed by atoms with Crippen LogP contribution in [0.3, 0.4) is 0 Å². The van der Waals surface area contributed by atoms with Crippen LogP contribution in [-0.2, 0) is 13.1 Å². The molecule has 0 atom stereocenters. The molecule has 0 spiro atoms. The Kier molecular flexibility index (Phi) is 5.12. The number of hydrogen-bond acceptors (Lipinski definition) is 8. The molecule has 0 saturated carbocycles. The van der Waals surface area contributed by atoms with Crippen LogP contribution in [-0.4, -0.2) is 41.8 Å². The highest BCUT2D eigenvalue weighted by atomic mass is 35.5. The van der Waals surface area contributed by atoms with Gasteiger partial charge in [0.05, 0.1) is 19.2 Å². The van der Waals surface area contributed by atoms with E-state index in [4.69, 9.17) is 20.9 Å². The van der Waals surface area contributed by atoms with Crippen LogP contribution in [0.4, 0.5) is 0 Å². The van der Waals surface area contributed by atoms with Gasteiger partial charge in [-0.05, 0) is 29.8 Å². The van der Waals surface area contributed by atoms with Crippen molar-refractivity contribution < 1.29 is 9.26 Å². The van der Waals surface area contributed by atoms with Gasteiger partial charge in [-0.25, -0.2) is 9.67 Å². The molecule has 5 rings (SSSR count). The Labute approximate surface area is 186 Å². The summed E-state index contributed by atoms with van der Waals surface area (Å²) < 4.78 is 13.6. The molecule has 0 saturated heterocycles. The minimum Gasteiger partial charge on any atom is -0.496 e. The van der Waals surface area contributed by atoms with Crippen LogP contribution in [0.1, 0.15) is 11.5 Å². The number of rotatable bonds is 6. The Hall–Kier alpha value is -4.05. The average Bonchev–Trinajstić information content (AvgIpc) is 3.45. The molecule has 3 aromatic heterocycles. The second-order valence-electron chi connectivity index (χ2n) is 6.94. The Bertz CT molecular complexity index is 1460. The van der Waals surface area contributed by atoms with Crippen LogP contribution in [0.2, 0.25) is 5.02 Å². The third kappa shape index (κ3) is 3.71. The molecule has 0 aliphatic rings. The molecule has 0 unspecified atom stereocenters. The fourth-order valence-electron chi connectivity index (χ4n) is 3.27. The number of fused-ring (bicyclic) bond motifs is 1. The quantitative estimate of drug-likeness (QED) is 0.388. The first-order chi connectivity index (χ1) is 15.6. The zero-order chi connectivity index (χ0) is 22.1. The van der Waals surface area contributed by atoms with Crippen LogP contribution in [0.25, 0.3) is 22.6 Å². The fraction of sp³-hybridized carbons (Fsp3) is 0.143. The van der Waals surface area contributed by atoms with E-state index in [0.717, 1.165) is 5.56 Å². The first-order valence-corrected chi connectivity index (χ1v) is 9.99. The number of nitrogens with zero attached hydrogens (tertiary/aromatic N) is 7. The first-order valence-electron chi connectivity index (χ1n) is 9.61. The monoisotopic (exact) mass is 449 g/mol. The van der Waals surface area contributed by atoms with Gasteiger partial charge >= 0.3 is 0 Å². The third-order valence-electron chi connectivity index (χ3n) is 4.86. The predicted octanol–water partition coefficient (Wildman–Crippen LogP) is 2.80. The zero-order valence-corrected chi connectivity index (χ0v) is 17.6. The highest BCUT2D eigenvalue weighted by Gasteiger charge is 2.16. The van der Waals surface area contributed by atoms with E-state index in [9.17, 15) is 4.79 Å². The molecule has 0 fully saturated rings. The van der Waals surface area contributed by atoms with Crippen molar-refractivity contribution in [3.8, 4) is 17.1 Å². The molecule has 5 aromatic rings. The van der Waals surface area contributed by atoms with Gasteiger partial charge in [-0.15, -0.1) is 5.10 Å². The fourth-order valence-corrected chi connectivity index (χ4v) is 3.40. The van der Waals surface area contributed by atoms with Gasteiger partial charge in [0, 0.05) is 5.02 Å². The molecule has 3 heterocycles. The summed E-state index contributed by atoms with van der Waals surface area (Å²) in [5.41, 5.74) is 1.85. The number of halogens is 1. The summed E-state index contributed by atoms with van der Waals surface area (Å²) in [6.45, 7) is 0.462.